The van der Waals surface area contributed by atoms with Gasteiger partial charge in [-0.25, -0.2) is 0 Å². The number of hydrogen-bond donors (Lipinski definition) is 3. The molecule has 5 heteroatoms. The van der Waals surface area contributed by atoms with Gasteiger partial charge in [-0.15, -0.1) is 0 Å². The fourth-order valence-electron chi connectivity index (χ4n) is 3.16. The van der Waals surface area contributed by atoms with E-state index in [0.717, 1.165) is 28.7 Å². The third kappa shape index (κ3) is 5.99. The van der Waals surface area contributed by atoms with Crippen molar-refractivity contribution >= 4 is 5.91 Å². The lowest BCUT2D eigenvalue weighted by Crippen LogP contribution is -2.34. The average Bonchev–Trinajstić information content (AvgIpc) is 2.62. The van der Waals surface area contributed by atoms with E-state index in [-0.39, 0.29) is 25.0 Å². The number of carbonyl (C=O) groups excluding carboxylic acids is 1. The Morgan fingerprint density at radius 2 is 1.75 bits per heavy atom. The Bertz CT molecular complexity index is 804. The maximum absolute atomic E-state index is 11.7. The molecule has 28 heavy (non-hydrogen) atoms. The fraction of sp³-hybridized carbons (Fsp3) is 0.435. The summed E-state index contributed by atoms with van der Waals surface area (Å²) in [5.74, 6) is 0.993. The zero-order valence-corrected chi connectivity index (χ0v) is 17.4. The van der Waals surface area contributed by atoms with E-state index in [4.69, 9.17) is 4.74 Å². The van der Waals surface area contributed by atoms with Crippen LogP contribution in [-0.2, 0) is 11.2 Å². The Morgan fingerprint density at radius 3 is 2.32 bits per heavy atom. The second kappa shape index (κ2) is 9.60. The summed E-state index contributed by atoms with van der Waals surface area (Å²) in [5.41, 5.74) is 5.51. The molecule has 152 valence electrons. The van der Waals surface area contributed by atoms with Crippen molar-refractivity contribution in [3.63, 3.8) is 0 Å². The molecule has 0 saturated heterocycles. The van der Waals surface area contributed by atoms with Gasteiger partial charge in [-0.2, -0.15) is 0 Å². The number of hydrogen-bond acceptors (Lipinski definition) is 4. The van der Waals surface area contributed by atoms with Gasteiger partial charge in [-0.3, -0.25) is 4.79 Å². The first kappa shape index (κ1) is 21.8. The number of ether oxygens (including phenoxy) is 1. The molecule has 2 aromatic carbocycles. The number of amides is 1. The van der Waals surface area contributed by atoms with Crippen molar-refractivity contribution in [3.8, 4) is 11.5 Å². The van der Waals surface area contributed by atoms with Gasteiger partial charge in [-0.1, -0.05) is 26.0 Å². The molecule has 0 fully saturated rings. The summed E-state index contributed by atoms with van der Waals surface area (Å²) < 4.78 is 5.61. The minimum absolute atomic E-state index is 0.0827. The van der Waals surface area contributed by atoms with Gasteiger partial charge in [0, 0.05) is 6.54 Å². The van der Waals surface area contributed by atoms with E-state index < -0.39 is 6.10 Å². The van der Waals surface area contributed by atoms with Crippen LogP contribution in [0.4, 0.5) is 0 Å². The summed E-state index contributed by atoms with van der Waals surface area (Å²) >= 11 is 0. The number of carbonyl (C=O) groups is 1. The van der Waals surface area contributed by atoms with Crippen molar-refractivity contribution in [2.24, 2.45) is 0 Å². The number of aliphatic hydroxyl groups excluding tert-OH is 1. The number of phenols is 1. The van der Waals surface area contributed by atoms with Crippen molar-refractivity contribution in [1.82, 2.24) is 5.32 Å². The molecule has 0 aliphatic carbocycles. The van der Waals surface area contributed by atoms with Gasteiger partial charge in [0.2, 0.25) is 0 Å². The van der Waals surface area contributed by atoms with E-state index in [1.807, 2.05) is 32.0 Å². The maximum Gasteiger partial charge on any atom is 0.258 e. The van der Waals surface area contributed by atoms with Crippen LogP contribution in [0, 0.1) is 13.8 Å². The van der Waals surface area contributed by atoms with Crippen LogP contribution in [0.15, 0.2) is 30.3 Å². The summed E-state index contributed by atoms with van der Waals surface area (Å²) in [6.07, 6.45) is 0.191. The van der Waals surface area contributed by atoms with E-state index >= 15 is 0 Å². The van der Waals surface area contributed by atoms with Gasteiger partial charge in [0.1, 0.15) is 11.5 Å². The molecule has 0 heterocycles. The molecule has 0 bridgehead atoms. The molecule has 0 saturated carbocycles. The van der Waals surface area contributed by atoms with Crippen LogP contribution in [0.5, 0.6) is 11.5 Å². The fourth-order valence-corrected chi connectivity index (χ4v) is 3.16. The number of aliphatic hydroxyl groups is 1. The highest BCUT2D eigenvalue weighted by atomic mass is 16.5. The first-order chi connectivity index (χ1) is 13.2. The van der Waals surface area contributed by atoms with Gasteiger partial charge < -0.3 is 20.3 Å². The minimum atomic E-state index is -0.580. The molecule has 3 N–H and O–H groups in total. The zero-order valence-electron chi connectivity index (χ0n) is 17.4. The topological polar surface area (TPSA) is 78.8 Å². The normalized spacial score (nSPS) is 12.1. The lowest BCUT2D eigenvalue weighted by molar-refractivity contribution is -0.123. The lowest BCUT2D eigenvalue weighted by atomic mass is 9.93. The molecule has 0 radical (unpaired) electrons. The largest absolute Gasteiger partial charge is 0.508 e. The Balaban J connectivity index is 2.10. The standard InChI is InChI=1S/C23H31NO4/c1-14(2)20-10-18(6-7-22(20)26)11-21-15(3)8-19(9-16(21)4)28-13-23(27)24-12-17(5)25/h6-10,14,17,25-26H,11-13H2,1-5H3,(H,24,27)/t17-/m1/s1. The van der Waals surface area contributed by atoms with Crippen LogP contribution in [-0.4, -0.2) is 35.4 Å². The SMILES string of the molecule is Cc1cc(OCC(=O)NC[C@@H](C)O)cc(C)c1Cc1ccc(O)c(C(C)C)c1. The van der Waals surface area contributed by atoms with Crippen molar-refractivity contribution in [2.45, 2.75) is 53.1 Å². The molecule has 0 aromatic heterocycles. The number of rotatable bonds is 8. The second-order valence-electron chi connectivity index (χ2n) is 7.70. The highest BCUT2D eigenvalue weighted by Crippen LogP contribution is 2.29. The average molecular weight is 386 g/mol. The highest BCUT2D eigenvalue weighted by Gasteiger charge is 2.12. The molecule has 2 rings (SSSR count). The van der Waals surface area contributed by atoms with Gasteiger partial charge in [0.15, 0.2) is 6.61 Å². The first-order valence-corrected chi connectivity index (χ1v) is 9.66. The number of nitrogens with one attached hydrogen (secondary N) is 1. The van der Waals surface area contributed by atoms with Crippen molar-refractivity contribution in [3.05, 3.63) is 58.1 Å². The number of aryl methyl sites for hydroxylation is 2. The first-order valence-electron chi connectivity index (χ1n) is 9.66. The zero-order chi connectivity index (χ0) is 20.8. The van der Waals surface area contributed by atoms with Gasteiger partial charge in [-0.05, 0) is 79.1 Å². The van der Waals surface area contributed by atoms with Crippen molar-refractivity contribution in [1.29, 1.82) is 0 Å². The Labute approximate surface area is 167 Å². The Morgan fingerprint density at radius 1 is 1.11 bits per heavy atom. The van der Waals surface area contributed by atoms with E-state index in [2.05, 4.69) is 25.2 Å². The van der Waals surface area contributed by atoms with Gasteiger partial charge >= 0.3 is 0 Å². The lowest BCUT2D eigenvalue weighted by Gasteiger charge is -2.15. The molecule has 0 spiro atoms. The molecule has 0 aliphatic heterocycles. The third-order valence-electron chi connectivity index (χ3n) is 4.73. The van der Waals surface area contributed by atoms with E-state index in [1.165, 1.54) is 5.56 Å². The van der Waals surface area contributed by atoms with E-state index in [9.17, 15) is 15.0 Å². The number of aromatic hydroxyl groups is 1. The minimum Gasteiger partial charge on any atom is -0.508 e. The van der Waals surface area contributed by atoms with Gasteiger partial charge in [0.05, 0.1) is 6.10 Å². The molecule has 2 aromatic rings. The summed E-state index contributed by atoms with van der Waals surface area (Å²) in [6, 6.07) is 9.66. The predicted octanol–water partition coefficient (Wildman–Crippen LogP) is 3.60. The molecule has 0 unspecified atom stereocenters. The number of phenolic OH excluding ortho intramolecular Hbond substituents is 1. The van der Waals surface area contributed by atoms with Crippen LogP contribution in [0.2, 0.25) is 0 Å². The van der Waals surface area contributed by atoms with Crippen LogP contribution in [0.3, 0.4) is 0 Å². The smallest absolute Gasteiger partial charge is 0.258 e. The molecular formula is C23H31NO4. The van der Waals surface area contributed by atoms with Crippen LogP contribution < -0.4 is 10.1 Å². The van der Waals surface area contributed by atoms with Crippen LogP contribution >= 0.6 is 0 Å². The van der Waals surface area contributed by atoms with E-state index in [0.29, 0.717) is 11.5 Å². The van der Waals surface area contributed by atoms with Crippen molar-refractivity contribution in [2.75, 3.05) is 13.2 Å². The van der Waals surface area contributed by atoms with E-state index in [1.54, 1.807) is 13.0 Å². The summed E-state index contributed by atoms with van der Waals surface area (Å²) in [7, 11) is 0. The Hall–Kier alpha value is -2.53. The third-order valence-corrected chi connectivity index (χ3v) is 4.73. The summed E-state index contributed by atoms with van der Waals surface area (Å²) in [5, 5.41) is 21.8. The maximum atomic E-state index is 11.7. The molecule has 1 amide bonds. The van der Waals surface area contributed by atoms with Gasteiger partial charge in [0.25, 0.3) is 5.91 Å². The van der Waals surface area contributed by atoms with Crippen LogP contribution in [0.1, 0.15) is 54.5 Å². The summed E-state index contributed by atoms with van der Waals surface area (Å²) in [4.78, 5) is 11.7. The number of benzene rings is 2. The Kier molecular flexibility index (Phi) is 7.46. The molecule has 1 atom stereocenters. The predicted molar refractivity (Wildman–Crippen MR) is 111 cm³/mol. The van der Waals surface area contributed by atoms with Crippen LogP contribution in [0.25, 0.3) is 0 Å². The molecule has 5 nitrogen and oxygen atoms in total. The van der Waals surface area contributed by atoms with Crippen molar-refractivity contribution < 1.29 is 19.7 Å². The second-order valence-corrected chi connectivity index (χ2v) is 7.70. The monoisotopic (exact) mass is 385 g/mol. The molecular weight excluding hydrogens is 354 g/mol. The molecule has 0 aliphatic rings. The highest BCUT2D eigenvalue weighted by molar-refractivity contribution is 5.77. The quantitative estimate of drug-likeness (QED) is 0.649. The summed E-state index contributed by atoms with van der Waals surface area (Å²) in [6.45, 7) is 9.95.